The Morgan fingerprint density at radius 3 is 2.79 bits per heavy atom. The molecule has 0 saturated carbocycles. The van der Waals surface area contributed by atoms with E-state index >= 15 is 0 Å². The second kappa shape index (κ2) is 4.11. The maximum Gasteiger partial charge on any atom is 0.231 e. The van der Waals surface area contributed by atoms with E-state index in [1.54, 1.807) is 11.8 Å². The summed E-state index contributed by atoms with van der Waals surface area (Å²) in [6.45, 7) is 2.53. The molecule has 3 nitrogen and oxygen atoms in total. The van der Waals surface area contributed by atoms with Crippen LogP contribution in [0.25, 0.3) is 0 Å². The van der Waals surface area contributed by atoms with Crippen LogP contribution in [0.5, 0.6) is 11.5 Å². The van der Waals surface area contributed by atoms with Gasteiger partial charge in [-0.3, -0.25) is 0 Å². The molecular weight excluding hydrogens is 200 g/mol. The Kier molecular flexibility index (Phi) is 2.84. The Hall–Kier alpha value is -0.870. The van der Waals surface area contributed by atoms with E-state index < -0.39 is 0 Å². The van der Waals surface area contributed by atoms with Crippen LogP contribution in [0.15, 0.2) is 17.0 Å². The molecule has 0 unspecified atom stereocenters. The maximum atomic E-state index is 8.74. The molecule has 0 fully saturated rings. The lowest BCUT2D eigenvalue weighted by Gasteiger charge is -2.05. The number of thioether (sulfide) groups is 1. The van der Waals surface area contributed by atoms with Gasteiger partial charge in [0.25, 0.3) is 0 Å². The van der Waals surface area contributed by atoms with Crippen molar-refractivity contribution < 1.29 is 14.6 Å². The number of hydrogen-bond donors (Lipinski definition) is 1. The molecule has 0 bridgehead atoms. The van der Waals surface area contributed by atoms with E-state index in [9.17, 15) is 0 Å². The van der Waals surface area contributed by atoms with Gasteiger partial charge in [0.1, 0.15) is 0 Å². The minimum absolute atomic E-state index is 0.193. The van der Waals surface area contributed by atoms with Crippen LogP contribution in [0.3, 0.4) is 0 Å². The van der Waals surface area contributed by atoms with E-state index in [1.165, 1.54) is 0 Å². The molecule has 1 N–H and O–H groups in total. The molecule has 4 heteroatoms. The average molecular weight is 212 g/mol. The topological polar surface area (TPSA) is 38.7 Å². The summed E-state index contributed by atoms with van der Waals surface area (Å²) >= 11 is 1.63. The molecule has 0 amide bonds. The van der Waals surface area contributed by atoms with Crippen LogP contribution in [-0.2, 0) is 0 Å². The fourth-order valence-corrected chi connectivity index (χ4v) is 2.12. The highest BCUT2D eigenvalue weighted by Gasteiger charge is 2.15. The number of benzene rings is 1. The zero-order chi connectivity index (χ0) is 9.97. The molecular formula is C10H12O3S. The summed E-state index contributed by atoms with van der Waals surface area (Å²) in [5.74, 6) is 2.33. The summed E-state index contributed by atoms with van der Waals surface area (Å²) in [5, 5.41) is 8.74. The maximum absolute atomic E-state index is 8.74. The van der Waals surface area contributed by atoms with Crippen LogP contribution >= 0.6 is 11.8 Å². The zero-order valence-corrected chi connectivity index (χ0v) is 8.76. The fraction of sp³-hybridized carbons (Fsp3) is 0.400. The van der Waals surface area contributed by atoms with Gasteiger partial charge >= 0.3 is 0 Å². The van der Waals surface area contributed by atoms with E-state index in [4.69, 9.17) is 14.6 Å². The number of ether oxygens (including phenoxy) is 2. The third-order valence-electron chi connectivity index (χ3n) is 2.02. The summed E-state index contributed by atoms with van der Waals surface area (Å²) in [7, 11) is 0. The highest BCUT2D eigenvalue weighted by molar-refractivity contribution is 7.99. The molecule has 2 rings (SSSR count). The molecule has 76 valence electrons. The van der Waals surface area contributed by atoms with Gasteiger partial charge in [0.2, 0.25) is 6.79 Å². The first-order chi connectivity index (χ1) is 6.81. The highest BCUT2D eigenvalue weighted by Crippen LogP contribution is 2.37. The Morgan fingerprint density at radius 1 is 1.36 bits per heavy atom. The molecule has 0 radical (unpaired) electrons. The monoisotopic (exact) mass is 212 g/mol. The predicted octanol–water partition coefficient (Wildman–Crippen LogP) is 1.81. The molecule has 1 aromatic rings. The van der Waals surface area contributed by atoms with E-state index in [0.29, 0.717) is 12.5 Å². The summed E-state index contributed by atoms with van der Waals surface area (Å²) in [6, 6.07) is 3.94. The van der Waals surface area contributed by atoms with Crippen molar-refractivity contribution in [2.75, 3.05) is 19.2 Å². The van der Waals surface area contributed by atoms with Crippen molar-refractivity contribution in [2.24, 2.45) is 0 Å². The highest BCUT2D eigenvalue weighted by atomic mass is 32.2. The van der Waals surface area contributed by atoms with Gasteiger partial charge in [-0.2, -0.15) is 0 Å². The van der Waals surface area contributed by atoms with Crippen LogP contribution in [0.1, 0.15) is 5.56 Å². The number of aliphatic hydroxyl groups is 1. The summed E-state index contributed by atoms with van der Waals surface area (Å²) < 4.78 is 10.5. The second-order valence-electron chi connectivity index (χ2n) is 3.04. The van der Waals surface area contributed by atoms with Crippen LogP contribution in [-0.4, -0.2) is 24.3 Å². The van der Waals surface area contributed by atoms with Gasteiger partial charge in [0, 0.05) is 10.6 Å². The number of hydrogen-bond acceptors (Lipinski definition) is 4. The molecule has 0 spiro atoms. The van der Waals surface area contributed by atoms with Gasteiger partial charge in [-0.05, 0) is 24.6 Å². The quantitative estimate of drug-likeness (QED) is 0.775. The van der Waals surface area contributed by atoms with Crippen molar-refractivity contribution in [3.8, 4) is 11.5 Å². The van der Waals surface area contributed by atoms with Crippen molar-refractivity contribution in [1.82, 2.24) is 0 Å². The van der Waals surface area contributed by atoms with Gasteiger partial charge in [-0.15, -0.1) is 11.8 Å². The van der Waals surface area contributed by atoms with Crippen molar-refractivity contribution >= 4 is 11.8 Å². The van der Waals surface area contributed by atoms with Crippen molar-refractivity contribution in [1.29, 1.82) is 0 Å². The van der Waals surface area contributed by atoms with Gasteiger partial charge in [0.15, 0.2) is 11.5 Å². The first kappa shape index (κ1) is 9.68. The molecule has 0 aromatic heterocycles. The second-order valence-corrected chi connectivity index (χ2v) is 4.18. The molecule has 0 aliphatic carbocycles. The minimum atomic E-state index is 0.193. The van der Waals surface area contributed by atoms with Gasteiger partial charge in [-0.1, -0.05) is 0 Å². The summed E-state index contributed by atoms with van der Waals surface area (Å²) in [5.41, 5.74) is 1.16. The average Bonchev–Trinajstić information content (AvgIpc) is 2.61. The molecule has 14 heavy (non-hydrogen) atoms. The van der Waals surface area contributed by atoms with E-state index in [2.05, 4.69) is 0 Å². The number of aliphatic hydroxyl groups excluding tert-OH is 1. The Labute approximate surface area is 87.0 Å². The minimum Gasteiger partial charge on any atom is -0.454 e. The van der Waals surface area contributed by atoms with E-state index in [0.717, 1.165) is 22.0 Å². The molecule has 1 aliphatic heterocycles. The largest absolute Gasteiger partial charge is 0.454 e. The third kappa shape index (κ3) is 1.81. The first-order valence-corrected chi connectivity index (χ1v) is 5.43. The summed E-state index contributed by atoms with van der Waals surface area (Å²) in [6.07, 6.45) is 0. The lowest BCUT2D eigenvalue weighted by atomic mass is 10.2. The van der Waals surface area contributed by atoms with Crippen LogP contribution in [0, 0.1) is 6.92 Å². The normalized spacial score (nSPS) is 13.3. The lowest BCUT2D eigenvalue weighted by Crippen LogP contribution is -1.92. The first-order valence-electron chi connectivity index (χ1n) is 4.45. The Morgan fingerprint density at radius 2 is 2.07 bits per heavy atom. The van der Waals surface area contributed by atoms with E-state index in [-0.39, 0.29) is 6.61 Å². The van der Waals surface area contributed by atoms with Crippen LogP contribution in [0.4, 0.5) is 0 Å². The van der Waals surface area contributed by atoms with Crippen molar-refractivity contribution in [3.05, 3.63) is 17.7 Å². The molecule has 0 saturated heterocycles. The number of fused-ring (bicyclic) bond motifs is 1. The third-order valence-corrected chi connectivity index (χ3v) is 3.16. The van der Waals surface area contributed by atoms with Gasteiger partial charge in [0.05, 0.1) is 6.61 Å². The van der Waals surface area contributed by atoms with Crippen LogP contribution < -0.4 is 9.47 Å². The Bertz CT molecular complexity index is 338. The molecule has 1 aliphatic rings. The van der Waals surface area contributed by atoms with Gasteiger partial charge in [-0.25, -0.2) is 0 Å². The van der Waals surface area contributed by atoms with E-state index in [1.807, 2.05) is 19.1 Å². The molecule has 0 atom stereocenters. The fourth-order valence-electron chi connectivity index (χ4n) is 1.34. The Balaban J connectivity index is 2.23. The molecule has 1 aromatic carbocycles. The summed E-state index contributed by atoms with van der Waals surface area (Å²) in [4.78, 5) is 1.14. The van der Waals surface area contributed by atoms with Gasteiger partial charge < -0.3 is 14.6 Å². The van der Waals surface area contributed by atoms with Crippen molar-refractivity contribution in [2.45, 2.75) is 11.8 Å². The predicted molar refractivity (Wildman–Crippen MR) is 55.1 cm³/mol. The number of aryl methyl sites for hydroxylation is 1. The smallest absolute Gasteiger partial charge is 0.231 e. The molecule has 1 heterocycles. The van der Waals surface area contributed by atoms with Crippen LogP contribution in [0.2, 0.25) is 0 Å². The standard InChI is InChI=1S/C10H12O3S/c1-7-4-8-9(13-6-12-8)5-10(7)14-3-2-11/h4-5,11H,2-3,6H2,1H3. The van der Waals surface area contributed by atoms with Crippen molar-refractivity contribution in [3.63, 3.8) is 0 Å². The SMILES string of the molecule is Cc1cc2c(cc1SCCO)OCO2. The lowest BCUT2D eigenvalue weighted by molar-refractivity contribution is 0.174. The zero-order valence-electron chi connectivity index (χ0n) is 7.95. The number of rotatable bonds is 3.